The fourth-order valence-corrected chi connectivity index (χ4v) is 4.31. The van der Waals surface area contributed by atoms with Crippen LogP contribution >= 0.6 is 11.8 Å². The van der Waals surface area contributed by atoms with E-state index in [2.05, 4.69) is 51.5 Å². The molecule has 2 unspecified atom stereocenters. The second kappa shape index (κ2) is 6.88. The van der Waals surface area contributed by atoms with Gasteiger partial charge in [0.15, 0.2) is 5.82 Å². The maximum atomic E-state index is 10.6. The normalized spacial score (nSPS) is 25.8. The molecule has 8 heteroatoms. The third-order valence-electron chi connectivity index (χ3n) is 4.80. The number of anilines is 1. The molecule has 4 rings (SSSR count). The molecule has 7 nitrogen and oxygen atoms in total. The zero-order valence-corrected chi connectivity index (χ0v) is 15.1. The lowest BCUT2D eigenvalue weighted by Crippen LogP contribution is -2.35. The van der Waals surface area contributed by atoms with E-state index in [0.29, 0.717) is 22.6 Å². The molecular formula is C18H21N5O2S. The van der Waals surface area contributed by atoms with Crippen LogP contribution in [-0.2, 0) is 0 Å². The number of hydrogen-bond acceptors (Lipinski definition) is 7. The molecule has 3 aromatic rings. The van der Waals surface area contributed by atoms with E-state index >= 15 is 0 Å². The number of aryl methyl sites for hydroxylation is 1. The van der Waals surface area contributed by atoms with E-state index in [1.54, 1.807) is 18.0 Å². The maximum absolute atomic E-state index is 10.6. The van der Waals surface area contributed by atoms with Gasteiger partial charge in [0, 0.05) is 28.5 Å². The van der Waals surface area contributed by atoms with E-state index in [1.165, 1.54) is 11.9 Å². The van der Waals surface area contributed by atoms with Gasteiger partial charge in [0.05, 0.1) is 17.7 Å². The highest BCUT2D eigenvalue weighted by Gasteiger charge is 2.42. The van der Waals surface area contributed by atoms with Crippen molar-refractivity contribution in [3.8, 4) is 0 Å². The summed E-state index contributed by atoms with van der Waals surface area (Å²) in [5.74, 6) is 1.01. The SMILES string of the molecule is Cc1ccc(SC[C@H]2NC(c3c[nH]c4c(N)ncnc34)[C@@H](O)C2O)cc1. The van der Waals surface area contributed by atoms with E-state index in [9.17, 15) is 10.2 Å². The summed E-state index contributed by atoms with van der Waals surface area (Å²) in [5, 5.41) is 24.4. The number of aliphatic hydroxyl groups excluding tert-OH is 2. The number of fused-ring (bicyclic) bond motifs is 1. The number of aromatic amines is 1. The van der Waals surface area contributed by atoms with Gasteiger partial charge in [0.1, 0.15) is 17.9 Å². The van der Waals surface area contributed by atoms with Crippen molar-refractivity contribution < 1.29 is 10.2 Å². The predicted molar refractivity (Wildman–Crippen MR) is 102 cm³/mol. The lowest BCUT2D eigenvalue weighted by molar-refractivity contribution is 0.0308. The quantitative estimate of drug-likeness (QED) is 0.439. The number of rotatable bonds is 4. The number of nitrogens with two attached hydrogens (primary N) is 1. The molecule has 0 radical (unpaired) electrons. The smallest absolute Gasteiger partial charge is 0.151 e. The molecule has 1 aliphatic rings. The molecule has 1 fully saturated rings. The van der Waals surface area contributed by atoms with E-state index < -0.39 is 18.2 Å². The van der Waals surface area contributed by atoms with Crippen LogP contribution < -0.4 is 11.1 Å². The van der Waals surface area contributed by atoms with Crippen LogP contribution in [0.5, 0.6) is 0 Å². The third-order valence-corrected chi connectivity index (χ3v) is 5.94. The van der Waals surface area contributed by atoms with Crippen molar-refractivity contribution in [2.24, 2.45) is 0 Å². The number of aromatic nitrogens is 3. The van der Waals surface area contributed by atoms with Crippen molar-refractivity contribution in [1.82, 2.24) is 20.3 Å². The Kier molecular flexibility index (Phi) is 4.58. The summed E-state index contributed by atoms with van der Waals surface area (Å²) in [7, 11) is 0. The van der Waals surface area contributed by atoms with Crippen LogP contribution in [0, 0.1) is 6.92 Å². The average Bonchev–Trinajstić information content (AvgIpc) is 3.18. The molecule has 6 N–H and O–H groups in total. The van der Waals surface area contributed by atoms with Gasteiger partial charge in [-0.05, 0) is 19.1 Å². The topological polar surface area (TPSA) is 120 Å². The Bertz CT molecular complexity index is 914. The monoisotopic (exact) mass is 371 g/mol. The van der Waals surface area contributed by atoms with Gasteiger partial charge in [0.2, 0.25) is 0 Å². The molecule has 1 saturated heterocycles. The van der Waals surface area contributed by atoms with Gasteiger partial charge < -0.3 is 26.2 Å². The van der Waals surface area contributed by atoms with Crippen molar-refractivity contribution in [1.29, 1.82) is 0 Å². The molecule has 4 atom stereocenters. The fraction of sp³-hybridized carbons (Fsp3) is 0.333. The van der Waals surface area contributed by atoms with Gasteiger partial charge in [-0.15, -0.1) is 11.8 Å². The van der Waals surface area contributed by atoms with Crippen molar-refractivity contribution in [3.05, 3.63) is 47.9 Å². The highest BCUT2D eigenvalue weighted by atomic mass is 32.2. The van der Waals surface area contributed by atoms with Crippen molar-refractivity contribution in [2.75, 3.05) is 11.5 Å². The summed E-state index contributed by atoms with van der Waals surface area (Å²) in [6.07, 6.45) is 1.38. The molecule has 1 aliphatic heterocycles. The Balaban J connectivity index is 1.52. The minimum atomic E-state index is -0.922. The minimum Gasteiger partial charge on any atom is -0.389 e. The Morgan fingerprint density at radius 1 is 1.15 bits per heavy atom. The summed E-state index contributed by atoms with van der Waals surface area (Å²) >= 11 is 1.65. The van der Waals surface area contributed by atoms with E-state index in [0.717, 1.165) is 10.5 Å². The summed E-state index contributed by atoms with van der Waals surface area (Å²) in [5.41, 5.74) is 9.16. The second-order valence-corrected chi connectivity index (χ2v) is 7.68. The predicted octanol–water partition coefficient (Wildman–Crippen LogP) is 1.38. The first-order valence-corrected chi connectivity index (χ1v) is 9.42. The van der Waals surface area contributed by atoms with Crippen molar-refractivity contribution >= 4 is 28.6 Å². The summed E-state index contributed by atoms with van der Waals surface area (Å²) < 4.78 is 0. The van der Waals surface area contributed by atoms with Crippen molar-refractivity contribution in [3.63, 3.8) is 0 Å². The van der Waals surface area contributed by atoms with Crippen LogP contribution in [0.2, 0.25) is 0 Å². The Morgan fingerprint density at radius 2 is 1.92 bits per heavy atom. The molecule has 0 saturated carbocycles. The molecule has 0 spiro atoms. The number of nitrogens with one attached hydrogen (secondary N) is 2. The first-order chi connectivity index (χ1) is 12.5. The van der Waals surface area contributed by atoms with Crippen LogP contribution in [0.4, 0.5) is 5.82 Å². The van der Waals surface area contributed by atoms with Crippen LogP contribution in [0.3, 0.4) is 0 Å². The second-order valence-electron chi connectivity index (χ2n) is 6.58. The lowest BCUT2D eigenvalue weighted by atomic mass is 10.0. The van der Waals surface area contributed by atoms with Gasteiger partial charge in [-0.3, -0.25) is 0 Å². The zero-order chi connectivity index (χ0) is 18.3. The number of H-pyrrole nitrogens is 1. The van der Waals surface area contributed by atoms with Gasteiger partial charge >= 0.3 is 0 Å². The van der Waals surface area contributed by atoms with E-state index in [1.807, 2.05) is 0 Å². The molecule has 3 heterocycles. The largest absolute Gasteiger partial charge is 0.389 e. The molecule has 136 valence electrons. The van der Waals surface area contributed by atoms with Crippen molar-refractivity contribution in [2.45, 2.75) is 36.1 Å². The highest BCUT2D eigenvalue weighted by Crippen LogP contribution is 2.34. The highest BCUT2D eigenvalue weighted by molar-refractivity contribution is 7.99. The van der Waals surface area contributed by atoms with E-state index in [4.69, 9.17) is 5.73 Å². The molecular weight excluding hydrogens is 350 g/mol. The third kappa shape index (κ3) is 3.05. The number of nitrogens with zero attached hydrogens (tertiary/aromatic N) is 2. The Labute approximate surface area is 155 Å². The number of nitrogen functional groups attached to an aromatic ring is 1. The fourth-order valence-electron chi connectivity index (χ4n) is 3.32. The number of thioether (sulfide) groups is 1. The van der Waals surface area contributed by atoms with E-state index in [-0.39, 0.29) is 6.04 Å². The molecule has 2 aromatic heterocycles. The van der Waals surface area contributed by atoms with Gasteiger partial charge in [0.25, 0.3) is 0 Å². The molecule has 0 aliphatic carbocycles. The standard InChI is InChI=1S/C18H21N5O2S/c1-9-2-4-10(5-3-9)26-7-12-16(24)17(25)14(23-12)11-6-20-15-13(11)21-8-22-18(15)19/h2-6,8,12,14,16-17,20,23-25H,7H2,1H3,(H2,19,21,22)/t12-,14?,16?,17-/m1/s1. The van der Waals surface area contributed by atoms with Crippen LogP contribution in [-0.4, -0.2) is 49.2 Å². The van der Waals surface area contributed by atoms with Gasteiger partial charge in [-0.1, -0.05) is 17.7 Å². The summed E-state index contributed by atoms with van der Waals surface area (Å²) in [4.78, 5) is 12.4. The summed E-state index contributed by atoms with van der Waals surface area (Å²) in [6.45, 7) is 2.05. The number of hydrogen-bond donors (Lipinski definition) is 5. The minimum absolute atomic E-state index is 0.231. The molecule has 0 bridgehead atoms. The average molecular weight is 371 g/mol. The first-order valence-electron chi connectivity index (χ1n) is 8.43. The van der Waals surface area contributed by atoms with Gasteiger partial charge in [-0.2, -0.15) is 0 Å². The Morgan fingerprint density at radius 3 is 2.69 bits per heavy atom. The lowest BCUT2D eigenvalue weighted by Gasteiger charge is -2.15. The Hall–Kier alpha value is -2.13. The van der Waals surface area contributed by atoms with Gasteiger partial charge in [-0.25, -0.2) is 9.97 Å². The molecule has 1 aromatic carbocycles. The molecule has 26 heavy (non-hydrogen) atoms. The van der Waals surface area contributed by atoms with Crippen LogP contribution in [0.25, 0.3) is 11.0 Å². The van der Waals surface area contributed by atoms with Crippen LogP contribution in [0.15, 0.2) is 41.7 Å². The maximum Gasteiger partial charge on any atom is 0.151 e. The number of aliphatic hydroxyl groups is 2. The first kappa shape index (κ1) is 17.3. The summed E-state index contributed by atoms with van der Waals surface area (Å²) in [6, 6.07) is 7.61. The number of benzene rings is 1. The molecule has 0 amide bonds. The van der Waals surface area contributed by atoms with Crippen LogP contribution in [0.1, 0.15) is 17.2 Å². The zero-order valence-electron chi connectivity index (χ0n) is 14.3.